The number of hydrogen-bond donors (Lipinski definition) is 2. The van der Waals surface area contributed by atoms with Crippen molar-refractivity contribution in [3.05, 3.63) is 34.4 Å². The standard InChI is InChI=1S/C9H10ClF2NO/c10-5-3-6(8(14)1-2-13)9(12)7(11)4-5/h3-4,8,14H,1-2,13H2. The van der Waals surface area contributed by atoms with Crippen molar-refractivity contribution in [2.45, 2.75) is 12.5 Å². The van der Waals surface area contributed by atoms with Gasteiger partial charge in [0, 0.05) is 10.6 Å². The molecule has 0 saturated heterocycles. The molecule has 0 amide bonds. The minimum Gasteiger partial charge on any atom is -0.388 e. The Morgan fingerprint density at radius 3 is 2.64 bits per heavy atom. The first-order valence-electron chi connectivity index (χ1n) is 4.09. The third-order valence-electron chi connectivity index (χ3n) is 1.82. The molecule has 0 radical (unpaired) electrons. The molecular formula is C9H10ClF2NO. The van der Waals surface area contributed by atoms with Crippen LogP contribution < -0.4 is 5.73 Å². The van der Waals surface area contributed by atoms with Crippen molar-refractivity contribution in [2.75, 3.05) is 6.54 Å². The molecule has 0 aliphatic carbocycles. The molecule has 5 heteroatoms. The second-order valence-electron chi connectivity index (χ2n) is 2.88. The molecule has 1 aromatic carbocycles. The highest BCUT2D eigenvalue weighted by Gasteiger charge is 2.16. The molecular weight excluding hydrogens is 212 g/mol. The average Bonchev–Trinajstić information content (AvgIpc) is 2.11. The molecule has 0 aromatic heterocycles. The molecule has 1 unspecified atom stereocenters. The van der Waals surface area contributed by atoms with Gasteiger partial charge >= 0.3 is 0 Å². The topological polar surface area (TPSA) is 46.2 Å². The lowest BCUT2D eigenvalue weighted by molar-refractivity contribution is 0.164. The molecule has 0 aliphatic rings. The highest BCUT2D eigenvalue weighted by atomic mass is 35.5. The van der Waals surface area contributed by atoms with Gasteiger partial charge in [0.25, 0.3) is 0 Å². The molecule has 0 saturated carbocycles. The lowest BCUT2D eigenvalue weighted by atomic mass is 10.1. The molecule has 78 valence electrons. The third kappa shape index (κ3) is 2.41. The van der Waals surface area contributed by atoms with E-state index in [0.717, 1.165) is 6.07 Å². The van der Waals surface area contributed by atoms with Crippen molar-refractivity contribution >= 4 is 11.6 Å². The summed E-state index contributed by atoms with van der Waals surface area (Å²) in [5, 5.41) is 9.46. The van der Waals surface area contributed by atoms with E-state index in [2.05, 4.69) is 0 Å². The molecule has 0 fully saturated rings. The quantitative estimate of drug-likeness (QED) is 0.767. The number of hydrogen-bond acceptors (Lipinski definition) is 2. The maximum Gasteiger partial charge on any atom is 0.164 e. The summed E-state index contributed by atoms with van der Waals surface area (Å²) in [7, 11) is 0. The fraction of sp³-hybridized carbons (Fsp3) is 0.333. The highest BCUT2D eigenvalue weighted by Crippen LogP contribution is 2.25. The molecule has 0 aliphatic heterocycles. The molecule has 2 nitrogen and oxygen atoms in total. The lowest BCUT2D eigenvalue weighted by Crippen LogP contribution is -2.09. The summed E-state index contributed by atoms with van der Waals surface area (Å²) in [6.07, 6.45) is -0.954. The maximum atomic E-state index is 13.1. The van der Waals surface area contributed by atoms with E-state index in [1.165, 1.54) is 6.07 Å². The number of halogens is 3. The zero-order valence-corrected chi connectivity index (χ0v) is 8.06. The van der Waals surface area contributed by atoms with Crippen LogP contribution in [0.25, 0.3) is 0 Å². The summed E-state index contributed by atoms with van der Waals surface area (Å²) >= 11 is 5.52. The Balaban J connectivity index is 3.07. The molecule has 0 bridgehead atoms. The van der Waals surface area contributed by atoms with E-state index in [-0.39, 0.29) is 23.6 Å². The predicted octanol–water partition coefficient (Wildman–Crippen LogP) is 2.00. The summed E-state index contributed by atoms with van der Waals surface area (Å²) in [5.41, 5.74) is 5.03. The minimum absolute atomic E-state index is 0.0509. The van der Waals surface area contributed by atoms with Crippen LogP contribution in [-0.2, 0) is 0 Å². The molecule has 1 aromatic rings. The molecule has 0 spiro atoms. The van der Waals surface area contributed by atoms with E-state index in [9.17, 15) is 13.9 Å². The van der Waals surface area contributed by atoms with Crippen molar-refractivity contribution in [3.63, 3.8) is 0 Å². The van der Waals surface area contributed by atoms with Gasteiger partial charge in [-0.15, -0.1) is 0 Å². The summed E-state index contributed by atoms with van der Waals surface area (Å²) in [6.45, 7) is 0.189. The van der Waals surface area contributed by atoms with Crippen LogP contribution in [0.5, 0.6) is 0 Å². The predicted molar refractivity (Wildman–Crippen MR) is 50.0 cm³/mol. The maximum absolute atomic E-state index is 13.1. The summed E-state index contributed by atoms with van der Waals surface area (Å²) in [5.74, 6) is -2.14. The van der Waals surface area contributed by atoms with E-state index in [0.29, 0.717) is 0 Å². The second kappa shape index (κ2) is 4.68. The van der Waals surface area contributed by atoms with Crippen LogP contribution in [0.4, 0.5) is 8.78 Å². The second-order valence-corrected chi connectivity index (χ2v) is 3.32. The number of aliphatic hydroxyl groups is 1. The smallest absolute Gasteiger partial charge is 0.164 e. The highest BCUT2D eigenvalue weighted by molar-refractivity contribution is 6.30. The Bertz CT molecular complexity index is 333. The van der Waals surface area contributed by atoms with E-state index < -0.39 is 17.7 Å². The minimum atomic E-state index is -1.12. The van der Waals surface area contributed by atoms with Crippen LogP contribution in [-0.4, -0.2) is 11.7 Å². The number of rotatable bonds is 3. The third-order valence-corrected chi connectivity index (χ3v) is 2.04. The van der Waals surface area contributed by atoms with Gasteiger partial charge in [0.05, 0.1) is 6.10 Å². The average molecular weight is 222 g/mol. The van der Waals surface area contributed by atoms with Crippen molar-refractivity contribution < 1.29 is 13.9 Å². The number of nitrogens with two attached hydrogens (primary N) is 1. The molecule has 0 heterocycles. The molecule has 14 heavy (non-hydrogen) atoms. The Morgan fingerprint density at radius 2 is 2.07 bits per heavy atom. The Morgan fingerprint density at radius 1 is 1.43 bits per heavy atom. The van der Waals surface area contributed by atoms with Crippen LogP contribution in [0.15, 0.2) is 12.1 Å². The van der Waals surface area contributed by atoms with E-state index in [4.69, 9.17) is 17.3 Å². The SMILES string of the molecule is NCCC(O)c1cc(Cl)cc(F)c1F. The van der Waals surface area contributed by atoms with Gasteiger partial charge in [-0.3, -0.25) is 0 Å². The van der Waals surface area contributed by atoms with Crippen LogP contribution in [0.3, 0.4) is 0 Å². The monoisotopic (exact) mass is 221 g/mol. The zero-order chi connectivity index (χ0) is 10.7. The van der Waals surface area contributed by atoms with Gasteiger partial charge in [-0.1, -0.05) is 11.6 Å². The van der Waals surface area contributed by atoms with Gasteiger partial charge in [0.2, 0.25) is 0 Å². The van der Waals surface area contributed by atoms with Crippen LogP contribution in [0.1, 0.15) is 18.1 Å². The Hall–Kier alpha value is -0.710. The van der Waals surface area contributed by atoms with Crippen LogP contribution in [0.2, 0.25) is 5.02 Å². The Kier molecular flexibility index (Phi) is 3.80. The number of aliphatic hydroxyl groups excluding tert-OH is 1. The summed E-state index contributed by atoms with van der Waals surface area (Å²) < 4.78 is 26.0. The summed E-state index contributed by atoms with van der Waals surface area (Å²) in [4.78, 5) is 0. The van der Waals surface area contributed by atoms with Gasteiger partial charge in [-0.2, -0.15) is 0 Å². The van der Waals surface area contributed by atoms with Crippen LogP contribution in [0, 0.1) is 11.6 Å². The van der Waals surface area contributed by atoms with Gasteiger partial charge in [-0.25, -0.2) is 8.78 Å². The zero-order valence-electron chi connectivity index (χ0n) is 7.30. The number of benzene rings is 1. The fourth-order valence-electron chi connectivity index (χ4n) is 1.13. The van der Waals surface area contributed by atoms with Gasteiger partial charge in [0.1, 0.15) is 0 Å². The summed E-state index contributed by atoms with van der Waals surface area (Å²) in [6, 6.07) is 2.05. The van der Waals surface area contributed by atoms with Gasteiger partial charge in [-0.05, 0) is 25.1 Å². The largest absolute Gasteiger partial charge is 0.388 e. The van der Waals surface area contributed by atoms with Crippen molar-refractivity contribution in [1.82, 2.24) is 0 Å². The fourth-order valence-corrected chi connectivity index (χ4v) is 1.35. The first-order chi connectivity index (χ1) is 6.56. The van der Waals surface area contributed by atoms with Crippen LogP contribution >= 0.6 is 11.6 Å². The molecule has 1 rings (SSSR count). The van der Waals surface area contributed by atoms with Gasteiger partial charge < -0.3 is 10.8 Å². The van der Waals surface area contributed by atoms with E-state index in [1.54, 1.807) is 0 Å². The van der Waals surface area contributed by atoms with Crippen molar-refractivity contribution in [3.8, 4) is 0 Å². The van der Waals surface area contributed by atoms with Gasteiger partial charge in [0.15, 0.2) is 11.6 Å². The van der Waals surface area contributed by atoms with E-state index in [1.807, 2.05) is 0 Å². The molecule has 3 N–H and O–H groups in total. The molecule has 1 atom stereocenters. The lowest BCUT2D eigenvalue weighted by Gasteiger charge is -2.11. The van der Waals surface area contributed by atoms with E-state index >= 15 is 0 Å². The first-order valence-corrected chi connectivity index (χ1v) is 4.46. The normalized spacial score (nSPS) is 12.9. The van der Waals surface area contributed by atoms with Crippen molar-refractivity contribution in [2.24, 2.45) is 5.73 Å². The van der Waals surface area contributed by atoms with Crippen molar-refractivity contribution in [1.29, 1.82) is 0 Å². The Labute approximate surface area is 85.3 Å². The first kappa shape index (κ1) is 11.4.